The van der Waals surface area contributed by atoms with Crippen LogP contribution in [0, 0.1) is 5.41 Å². The van der Waals surface area contributed by atoms with Gasteiger partial charge in [-0.15, -0.1) is 0 Å². The molecule has 2 aromatic rings. The van der Waals surface area contributed by atoms with Crippen molar-refractivity contribution in [2.45, 2.75) is 25.7 Å². The van der Waals surface area contributed by atoms with E-state index in [0.29, 0.717) is 0 Å². The molecule has 0 aliphatic heterocycles. The highest BCUT2D eigenvalue weighted by atomic mass is 32.2. The van der Waals surface area contributed by atoms with Gasteiger partial charge in [-0.25, -0.2) is 0 Å². The molecule has 23 heavy (non-hydrogen) atoms. The van der Waals surface area contributed by atoms with E-state index in [9.17, 15) is 8.42 Å². The van der Waals surface area contributed by atoms with E-state index in [1.807, 2.05) is 45.0 Å². The molecule has 0 amide bonds. The van der Waals surface area contributed by atoms with E-state index in [4.69, 9.17) is 8.92 Å². The van der Waals surface area contributed by atoms with Crippen molar-refractivity contribution in [1.29, 1.82) is 0 Å². The molecule has 5 heteroatoms. The summed E-state index contributed by atoms with van der Waals surface area (Å²) in [5.41, 5.74) is 1.71. The summed E-state index contributed by atoms with van der Waals surface area (Å²) >= 11 is 0. The van der Waals surface area contributed by atoms with Gasteiger partial charge in [-0.05, 0) is 40.8 Å². The molecule has 2 aromatic carbocycles. The van der Waals surface area contributed by atoms with Gasteiger partial charge in [0.2, 0.25) is 0 Å². The predicted octanol–water partition coefficient (Wildman–Crippen LogP) is 4.11. The van der Waals surface area contributed by atoms with Crippen LogP contribution in [0.3, 0.4) is 0 Å². The Morgan fingerprint density at radius 2 is 1.35 bits per heavy atom. The molecule has 0 atom stereocenters. The first kappa shape index (κ1) is 17.5. The SMILES string of the molecule is COc1ccc(-c2ccc(S(=O)(=O)OCC(C)(C)C)cc2)cc1. The Balaban J connectivity index is 2.18. The molecule has 0 aromatic heterocycles. The Labute approximate surface area is 138 Å². The number of benzene rings is 2. The van der Waals surface area contributed by atoms with Gasteiger partial charge < -0.3 is 4.74 Å². The molecule has 0 aliphatic rings. The normalized spacial score (nSPS) is 12.2. The zero-order chi connectivity index (χ0) is 17.1. The first-order valence-corrected chi connectivity index (χ1v) is 8.76. The van der Waals surface area contributed by atoms with Crippen molar-refractivity contribution in [1.82, 2.24) is 0 Å². The second-order valence-corrected chi connectivity index (χ2v) is 8.15. The lowest BCUT2D eigenvalue weighted by Crippen LogP contribution is -2.18. The average molecular weight is 334 g/mol. The van der Waals surface area contributed by atoms with Crippen LogP contribution < -0.4 is 4.74 Å². The molecule has 0 saturated heterocycles. The number of hydrogen-bond acceptors (Lipinski definition) is 4. The summed E-state index contributed by atoms with van der Waals surface area (Å²) in [6.07, 6.45) is 0. The van der Waals surface area contributed by atoms with Gasteiger partial charge in [0.25, 0.3) is 10.1 Å². The van der Waals surface area contributed by atoms with Gasteiger partial charge in [-0.3, -0.25) is 4.18 Å². The second kappa shape index (κ2) is 6.72. The van der Waals surface area contributed by atoms with Crippen LogP contribution in [-0.4, -0.2) is 22.1 Å². The van der Waals surface area contributed by atoms with E-state index in [0.717, 1.165) is 16.9 Å². The van der Waals surface area contributed by atoms with Gasteiger partial charge in [-0.1, -0.05) is 45.0 Å². The quantitative estimate of drug-likeness (QED) is 0.772. The first-order chi connectivity index (χ1) is 10.7. The van der Waals surface area contributed by atoms with Crippen molar-refractivity contribution >= 4 is 10.1 Å². The minimum atomic E-state index is -3.72. The van der Waals surface area contributed by atoms with Gasteiger partial charge in [0.1, 0.15) is 5.75 Å². The highest BCUT2D eigenvalue weighted by molar-refractivity contribution is 7.86. The molecule has 124 valence electrons. The van der Waals surface area contributed by atoms with E-state index in [2.05, 4.69) is 0 Å². The summed E-state index contributed by atoms with van der Waals surface area (Å²) in [7, 11) is -2.11. The van der Waals surface area contributed by atoms with Crippen LogP contribution in [0.2, 0.25) is 0 Å². The fourth-order valence-electron chi connectivity index (χ4n) is 1.92. The number of methoxy groups -OCH3 is 1. The Hall–Kier alpha value is -1.85. The van der Waals surface area contributed by atoms with Crippen LogP contribution in [0.5, 0.6) is 5.75 Å². The van der Waals surface area contributed by atoms with E-state index in [1.54, 1.807) is 31.4 Å². The van der Waals surface area contributed by atoms with Crippen LogP contribution in [0.25, 0.3) is 11.1 Å². The number of ether oxygens (including phenoxy) is 1. The molecule has 0 spiro atoms. The fourth-order valence-corrected chi connectivity index (χ4v) is 3.03. The predicted molar refractivity (Wildman–Crippen MR) is 91.0 cm³/mol. The lowest BCUT2D eigenvalue weighted by Gasteiger charge is -2.17. The van der Waals surface area contributed by atoms with Crippen molar-refractivity contribution in [3.63, 3.8) is 0 Å². The Bertz CT molecular complexity index is 739. The molecule has 0 fully saturated rings. The molecule has 0 radical (unpaired) electrons. The summed E-state index contributed by atoms with van der Waals surface area (Å²) in [6, 6.07) is 14.3. The third kappa shape index (κ3) is 4.81. The van der Waals surface area contributed by atoms with Crippen molar-refractivity contribution in [3.8, 4) is 16.9 Å². The molecule has 0 heterocycles. The highest BCUT2D eigenvalue weighted by Gasteiger charge is 2.20. The van der Waals surface area contributed by atoms with Crippen LogP contribution in [0.1, 0.15) is 20.8 Å². The second-order valence-electron chi connectivity index (χ2n) is 6.53. The van der Waals surface area contributed by atoms with Crippen LogP contribution in [0.15, 0.2) is 53.4 Å². The first-order valence-electron chi connectivity index (χ1n) is 7.35. The third-order valence-electron chi connectivity index (χ3n) is 3.21. The van der Waals surface area contributed by atoms with Crippen molar-refractivity contribution in [3.05, 3.63) is 48.5 Å². The molecule has 0 unspecified atom stereocenters. The third-order valence-corrected chi connectivity index (χ3v) is 4.49. The van der Waals surface area contributed by atoms with Gasteiger partial charge in [-0.2, -0.15) is 8.42 Å². The molecule has 4 nitrogen and oxygen atoms in total. The number of hydrogen-bond donors (Lipinski definition) is 0. The molecule has 0 bridgehead atoms. The van der Waals surface area contributed by atoms with E-state index in [1.165, 1.54) is 0 Å². The van der Waals surface area contributed by atoms with Crippen LogP contribution in [-0.2, 0) is 14.3 Å². The number of rotatable bonds is 5. The standard InChI is InChI=1S/C18H22O4S/c1-18(2,3)13-22-23(19,20)17-11-7-15(8-12-17)14-5-9-16(21-4)10-6-14/h5-12H,13H2,1-4H3. The summed E-state index contributed by atoms with van der Waals surface area (Å²) < 4.78 is 34.6. The fraction of sp³-hybridized carbons (Fsp3) is 0.333. The maximum atomic E-state index is 12.2. The Morgan fingerprint density at radius 1 is 0.870 bits per heavy atom. The minimum Gasteiger partial charge on any atom is -0.497 e. The topological polar surface area (TPSA) is 52.6 Å². The Kier molecular flexibility index (Phi) is 5.12. The Morgan fingerprint density at radius 3 is 1.78 bits per heavy atom. The lowest BCUT2D eigenvalue weighted by atomic mass is 9.99. The molecular formula is C18H22O4S. The largest absolute Gasteiger partial charge is 0.497 e. The van der Waals surface area contributed by atoms with E-state index >= 15 is 0 Å². The molecule has 0 N–H and O–H groups in total. The highest BCUT2D eigenvalue weighted by Crippen LogP contribution is 2.25. The monoisotopic (exact) mass is 334 g/mol. The molecule has 2 rings (SSSR count). The maximum Gasteiger partial charge on any atom is 0.296 e. The van der Waals surface area contributed by atoms with Crippen LogP contribution >= 0.6 is 0 Å². The zero-order valence-corrected chi connectivity index (χ0v) is 14.7. The van der Waals surface area contributed by atoms with Crippen molar-refractivity contribution < 1.29 is 17.3 Å². The van der Waals surface area contributed by atoms with Gasteiger partial charge in [0, 0.05) is 0 Å². The average Bonchev–Trinajstić information content (AvgIpc) is 2.53. The molecular weight excluding hydrogens is 312 g/mol. The summed E-state index contributed by atoms with van der Waals surface area (Å²) in [5.74, 6) is 0.781. The summed E-state index contributed by atoms with van der Waals surface area (Å²) in [6.45, 7) is 5.93. The zero-order valence-electron chi connectivity index (χ0n) is 13.9. The maximum absolute atomic E-state index is 12.2. The van der Waals surface area contributed by atoms with Crippen LogP contribution in [0.4, 0.5) is 0 Å². The van der Waals surface area contributed by atoms with Crippen molar-refractivity contribution in [2.75, 3.05) is 13.7 Å². The smallest absolute Gasteiger partial charge is 0.296 e. The lowest BCUT2D eigenvalue weighted by molar-refractivity contribution is 0.203. The van der Waals surface area contributed by atoms with Gasteiger partial charge in [0.15, 0.2) is 0 Å². The molecule has 0 saturated carbocycles. The summed E-state index contributed by atoms with van der Waals surface area (Å²) in [5, 5.41) is 0. The van der Waals surface area contributed by atoms with Gasteiger partial charge >= 0.3 is 0 Å². The van der Waals surface area contributed by atoms with Crippen molar-refractivity contribution in [2.24, 2.45) is 5.41 Å². The van der Waals surface area contributed by atoms with Gasteiger partial charge in [0.05, 0.1) is 18.6 Å². The summed E-state index contributed by atoms with van der Waals surface area (Å²) in [4.78, 5) is 0.166. The van der Waals surface area contributed by atoms with E-state index < -0.39 is 10.1 Å². The van der Waals surface area contributed by atoms with E-state index in [-0.39, 0.29) is 16.9 Å². The minimum absolute atomic E-state index is 0.148. The molecule has 0 aliphatic carbocycles.